The normalized spacial score (nSPS) is 10.4. The molecule has 0 aliphatic rings. The van der Waals surface area contributed by atoms with E-state index in [2.05, 4.69) is 21.1 Å². The van der Waals surface area contributed by atoms with Gasteiger partial charge in [0.1, 0.15) is 5.69 Å². The summed E-state index contributed by atoms with van der Waals surface area (Å²) in [6, 6.07) is 9.13. The average molecular weight is 251 g/mol. The van der Waals surface area contributed by atoms with Crippen molar-refractivity contribution in [2.45, 2.75) is 0 Å². The highest BCUT2D eigenvalue weighted by Gasteiger charge is 2.06. The van der Waals surface area contributed by atoms with Crippen molar-refractivity contribution in [3.8, 4) is 0 Å². The van der Waals surface area contributed by atoms with Crippen molar-refractivity contribution in [3.63, 3.8) is 0 Å². The number of rotatable bonds is 1. The van der Waals surface area contributed by atoms with Gasteiger partial charge >= 0.3 is 0 Å². The molecule has 3 nitrogen and oxygen atoms in total. The maximum atomic E-state index is 10.6. The number of nitroso groups, excluding NO2 is 1. The lowest BCUT2D eigenvalue weighted by atomic mass is 10.1. The smallest absolute Gasteiger partial charge is 0.138 e. The topological polar surface area (TPSA) is 55.4 Å². The average Bonchev–Trinajstić information content (AvgIpc) is 2.18. The van der Waals surface area contributed by atoms with Gasteiger partial charge in [0.05, 0.1) is 5.69 Å². The van der Waals surface area contributed by atoms with E-state index < -0.39 is 0 Å². The van der Waals surface area contributed by atoms with E-state index >= 15 is 0 Å². The van der Waals surface area contributed by atoms with Gasteiger partial charge in [-0.2, -0.15) is 0 Å². The van der Waals surface area contributed by atoms with Crippen LogP contribution < -0.4 is 5.73 Å². The third-order valence-electron chi connectivity index (χ3n) is 2.10. The summed E-state index contributed by atoms with van der Waals surface area (Å²) >= 11 is 3.40. The molecule has 0 amide bonds. The monoisotopic (exact) mass is 250 g/mol. The molecule has 0 bridgehead atoms. The Morgan fingerprint density at radius 1 is 1.14 bits per heavy atom. The molecule has 0 aliphatic carbocycles. The first-order chi connectivity index (χ1) is 6.74. The lowest BCUT2D eigenvalue weighted by Crippen LogP contribution is -1.86. The molecule has 0 atom stereocenters. The number of hydrogen-bond acceptors (Lipinski definition) is 3. The number of halogens is 1. The second kappa shape index (κ2) is 3.38. The molecule has 4 heteroatoms. The van der Waals surface area contributed by atoms with E-state index in [9.17, 15) is 4.91 Å². The Kier molecular flexibility index (Phi) is 2.21. The number of hydrogen-bond donors (Lipinski definition) is 1. The molecule has 2 aromatic carbocycles. The highest BCUT2D eigenvalue weighted by Crippen LogP contribution is 2.35. The fraction of sp³-hybridized carbons (Fsp3) is 0. The zero-order valence-electron chi connectivity index (χ0n) is 7.20. The third-order valence-corrected chi connectivity index (χ3v) is 2.79. The molecule has 0 saturated carbocycles. The van der Waals surface area contributed by atoms with E-state index in [1.807, 2.05) is 24.3 Å². The fourth-order valence-corrected chi connectivity index (χ4v) is 1.92. The summed E-state index contributed by atoms with van der Waals surface area (Å²) in [5.41, 5.74) is 6.36. The van der Waals surface area contributed by atoms with Gasteiger partial charge in [0.2, 0.25) is 0 Å². The molecule has 0 spiro atoms. The Morgan fingerprint density at radius 3 is 2.64 bits per heavy atom. The minimum absolute atomic E-state index is 0.309. The van der Waals surface area contributed by atoms with Gasteiger partial charge in [-0.15, -0.1) is 4.91 Å². The molecule has 0 heterocycles. The minimum atomic E-state index is 0.309. The van der Waals surface area contributed by atoms with Gasteiger partial charge in [-0.05, 0) is 22.7 Å². The second-order valence-electron chi connectivity index (χ2n) is 2.93. The van der Waals surface area contributed by atoms with Gasteiger partial charge < -0.3 is 5.73 Å². The van der Waals surface area contributed by atoms with E-state index in [0.29, 0.717) is 11.4 Å². The molecule has 0 saturated heterocycles. The van der Waals surface area contributed by atoms with Crippen LogP contribution in [0.3, 0.4) is 0 Å². The summed E-state index contributed by atoms with van der Waals surface area (Å²) in [6.07, 6.45) is 0. The van der Waals surface area contributed by atoms with Gasteiger partial charge in [-0.25, -0.2) is 0 Å². The van der Waals surface area contributed by atoms with Crippen molar-refractivity contribution in [1.29, 1.82) is 0 Å². The van der Waals surface area contributed by atoms with Crippen molar-refractivity contribution >= 4 is 38.1 Å². The van der Waals surface area contributed by atoms with Crippen LogP contribution in [0.25, 0.3) is 10.8 Å². The SMILES string of the molecule is Nc1ccc2c(Br)cccc2c1N=O. The van der Waals surface area contributed by atoms with E-state index in [4.69, 9.17) is 5.73 Å². The molecule has 0 unspecified atom stereocenters. The second-order valence-corrected chi connectivity index (χ2v) is 3.78. The van der Waals surface area contributed by atoms with Crippen LogP contribution in [0, 0.1) is 4.91 Å². The van der Waals surface area contributed by atoms with Crippen LogP contribution in [0.2, 0.25) is 0 Å². The van der Waals surface area contributed by atoms with Crippen LogP contribution in [0.15, 0.2) is 40.0 Å². The molecule has 70 valence electrons. The van der Waals surface area contributed by atoms with Crippen LogP contribution in [0.4, 0.5) is 11.4 Å². The van der Waals surface area contributed by atoms with Crippen LogP contribution >= 0.6 is 15.9 Å². The first-order valence-electron chi connectivity index (χ1n) is 4.04. The summed E-state index contributed by atoms with van der Waals surface area (Å²) in [4.78, 5) is 10.6. The predicted molar refractivity (Wildman–Crippen MR) is 61.5 cm³/mol. The molecule has 2 rings (SSSR count). The van der Waals surface area contributed by atoms with Crippen molar-refractivity contribution in [3.05, 3.63) is 39.7 Å². The summed E-state index contributed by atoms with van der Waals surface area (Å²) < 4.78 is 0.930. The Hall–Kier alpha value is -1.42. The summed E-state index contributed by atoms with van der Waals surface area (Å²) in [7, 11) is 0. The van der Waals surface area contributed by atoms with Gasteiger partial charge in [0.25, 0.3) is 0 Å². The van der Waals surface area contributed by atoms with Crippen molar-refractivity contribution < 1.29 is 0 Å². The largest absolute Gasteiger partial charge is 0.397 e. The highest BCUT2D eigenvalue weighted by atomic mass is 79.9. The maximum Gasteiger partial charge on any atom is 0.138 e. The van der Waals surface area contributed by atoms with Gasteiger partial charge in [-0.3, -0.25) is 0 Å². The molecule has 2 aromatic rings. The first kappa shape index (κ1) is 9.15. The van der Waals surface area contributed by atoms with E-state index in [-0.39, 0.29) is 0 Å². The van der Waals surface area contributed by atoms with Gasteiger partial charge in [0.15, 0.2) is 0 Å². The molecule has 2 N–H and O–H groups in total. The highest BCUT2D eigenvalue weighted by molar-refractivity contribution is 9.10. The van der Waals surface area contributed by atoms with Crippen molar-refractivity contribution in [2.24, 2.45) is 5.18 Å². The lowest BCUT2D eigenvalue weighted by molar-refractivity contribution is 1.53. The number of fused-ring (bicyclic) bond motifs is 1. The third kappa shape index (κ3) is 1.28. The van der Waals surface area contributed by atoms with Crippen LogP contribution in [-0.2, 0) is 0 Å². The zero-order valence-corrected chi connectivity index (χ0v) is 8.78. The van der Waals surface area contributed by atoms with E-state index in [1.54, 1.807) is 6.07 Å². The van der Waals surface area contributed by atoms with E-state index in [1.165, 1.54) is 0 Å². The Bertz CT molecular complexity index is 511. The molecule has 0 radical (unpaired) electrons. The molecule has 0 aliphatic heterocycles. The standard InChI is InChI=1S/C10H7BrN2O/c11-8-3-1-2-7-6(8)4-5-9(12)10(7)13-14/h1-5H,12H2. The fourth-order valence-electron chi connectivity index (χ4n) is 1.42. The Balaban J connectivity index is 2.95. The van der Waals surface area contributed by atoms with E-state index in [0.717, 1.165) is 15.2 Å². The summed E-state index contributed by atoms with van der Waals surface area (Å²) in [5.74, 6) is 0. The summed E-state index contributed by atoms with van der Waals surface area (Å²) in [5, 5.41) is 4.66. The molecule has 14 heavy (non-hydrogen) atoms. The van der Waals surface area contributed by atoms with Gasteiger partial charge in [-0.1, -0.05) is 34.1 Å². The Morgan fingerprint density at radius 2 is 1.93 bits per heavy atom. The van der Waals surface area contributed by atoms with Crippen molar-refractivity contribution in [1.82, 2.24) is 0 Å². The Labute approximate surface area is 89.0 Å². The quantitative estimate of drug-likeness (QED) is 0.622. The molecule has 0 aromatic heterocycles. The molecular formula is C10H7BrN2O. The number of nitrogens with two attached hydrogens (primary N) is 1. The number of nitrogen functional groups attached to an aromatic ring is 1. The van der Waals surface area contributed by atoms with Crippen LogP contribution in [0.5, 0.6) is 0 Å². The lowest BCUT2D eigenvalue weighted by Gasteiger charge is -2.04. The summed E-state index contributed by atoms with van der Waals surface area (Å²) in [6.45, 7) is 0. The van der Waals surface area contributed by atoms with Crippen LogP contribution in [-0.4, -0.2) is 0 Å². The molecule has 0 fully saturated rings. The number of anilines is 1. The molecular weight excluding hydrogens is 244 g/mol. The maximum absolute atomic E-state index is 10.6. The number of nitrogens with zero attached hydrogens (tertiary/aromatic N) is 1. The zero-order chi connectivity index (χ0) is 10.1. The number of benzene rings is 2. The predicted octanol–water partition coefficient (Wildman–Crippen LogP) is 3.58. The first-order valence-corrected chi connectivity index (χ1v) is 4.83. The minimum Gasteiger partial charge on any atom is -0.397 e. The van der Waals surface area contributed by atoms with Crippen molar-refractivity contribution in [2.75, 3.05) is 5.73 Å². The van der Waals surface area contributed by atoms with Gasteiger partial charge in [0, 0.05) is 9.86 Å². The van der Waals surface area contributed by atoms with Crippen LogP contribution in [0.1, 0.15) is 0 Å².